The van der Waals surface area contributed by atoms with E-state index in [0.29, 0.717) is 0 Å². The lowest BCUT2D eigenvalue weighted by Gasteiger charge is -2.03. The van der Waals surface area contributed by atoms with E-state index in [1.165, 1.54) is 27.1 Å². The minimum atomic E-state index is -0.924. The number of halogens is 2. The zero-order valence-corrected chi connectivity index (χ0v) is 6.32. The molecule has 11 heavy (non-hydrogen) atoms. The molecule has 0 saturated carbocycles. The molecule has 0 bridgehead atoms. The van der Waals surface area contributed by atoms with Crippen LogP contribution in [0.4, 0.5) is 8.78 Å². The van der Waals surface area contributed by atoms with Crippen LogP contribution in [0.15, 0.2) is 12.1 Å². The van der Waals surface area contributed by atoms with Gasteiger partial charge in [-0.2, -0.15) is 4.39 Å². The maximum atomic E-state index is 12.8. The van der Waals surface area contributed by atoms with Gasteiger partial charge in [-0.05, 0) is 6.07 Å². The van der Waals surface area contributed by atoms with Gasteiger partial charge in [0.25, 0.3) is 0 Å². The molecule has 0 spiro atoms. The van der Waals surface area contributed by atoms with E-state index in [2.05, 4.69) is 4.74 Å². The van der Waals surface area contributed by atoms with E-state index < -0.39 is 11.6 Å². The molecule has 0 saturated heterocycles. The van der Waals surface area contributed by atoms with Crippen LogP contribution in [-0.4, -0.2) is 15.0 Å². The summed E-state index contributed by atoms with van der Waals surface area (Å²) in [6, 6.07) is 2.87. The van der Waals surface area contributed by atoms with Crippen molar-refractivity contribution in [2.75, 3.05) is 7.11 Å². The normalized spacial score (nSPS) is 9.73. The van der Waals surface area contributed by atoms with Crippen molar-refractivity contribution >= 4 is 13.3 Å². The van der Waals surface area contributed by atoms with Crippen LogP contribution in [0, 0.1) is 11.6 Å². The number of ether oxygens (including phenoxy) is 1. The molecule has 0 aliphatic heterocycles. The minimum Gasteiger partial charge on any atom is -0.494 e. The van der Waals surface area contributed by atoms with Crippen LogP contribution >= 0.6 is 0 Å². The number of hydrogen-bond acceptors (Lipinski definition) is 1. The highest BCUT2D eigenvalue weighted by Gasteiger charge is 2.09. The van der Waals surface area contributed by atoms with E-state index in [1.54, 1.807) is 0 Å². The van der Waals surface area contributed by atoms with Gasteiger partial charge in [0.1, 0.15) is 7.85 Å². The van der Waals surface area contributed by atoms with Gasteiger partial charge in [-0.25, -0.2) is 4.39 Å². The molecule has 1 nitrogen and oxygen atoms in total. The molecule has 0 unspecified atom stereocenters. The third kappa shape index (κ3) is 1.34. The Morgan fingerprint density at radius 2 is 1.91 bits per heavy atom. The van der Waals surface area contributed by atoms with Gasteiger partial charge in [0.2, 0.25) is 0 Å². The highest BCUT2D eigenvalue weighted by molar-refractivity contribution is 6.32. The largest absolute Gasteiger partial charge is 0.494 e. The lowest BCUT2D eigenvalue weighted by molar-refractivity contribution is 0.373. The minimum absolute atomic E-state index is 0.0619. The summed E-state index contributed by atoms with van der Waals surface area (Å²) in [5.41, 5.74) is 0.281. The fourth-order valence-corrected chi connectivity index (χ4v) is 0.786. The molecule has 0 amide bonds. The molecule has 0 radical (unpaired) electrons. The molecular weight excluding hydrogens is 149 g/mol. The van der Waals surface area contributed by atoms with Crippen molar-refractivity contribution in [3.8, 4) is 5.75 Å². The molecule has 4 heteroatoms. The van der Waals surface area contributed by atoms with Gasteiger partial charge in [0, 0.05) is 0 Å². The first kappa shape index (κ1) is 8.05. The van der Waals surface area contributed by atoms with Crippen molar-refractivity contribution in [3.63, 3.8) is 0 Å². The molecule has 0 N–H and O–H groups in total. The fraction of sp³-hybridized carbons (Fsp3) is 0.143. The molecule has 0 aliphatic rings. The van der Waals surface area contributed by atoms with Crippen LogP contribution in [0.2, 0.25) is 0 Å². The molecule has 0 atom stereocenters. The monoisotopic (exact) mass is 156 g/mol. The standard InChI is InChI=1S/C7H7BF2O/c1-11-5-3-2-4(8)6(9)7(5)10/h2-3H,8H2,1H3. The summed E-state index contributed by atoms with van der Waals surface area (Å²) < 4.78 is 30.1. The van der Waals surface area contributed by atoms with Crippen LogP contribution < -0.4 is 10.2 Å². The molecule has 1 aromatic rings. The van der Waals surface area contributed by atoms with E-state index in [9.17, 15) is 8.78 Å². The van der Waals surface area contributed by atoms with Crippen molar-refractivity contribution in [2.24, 2.45) is 0 Å². The Labute approximate surface area is 64.4 Å². The topological polar surface area (TPSA) is 9.23 Å². The van der Waals surface area contributed by atoms with E-state index in [-0.39, 0.29) is 11.2 Å². The van der Waals surface area contributed by atoms with Gasteiger partial charge in [-0.1, -0.05) is 11.5 Å². The molecule has 58 valence electrons. The van der Waals surface area contributed by atoms with Gasteiger partial charge in [-0.3, -0.25) is 0 Å². The Morgan fingerprint density at radius 3 is 2.45 bits per heavy atom. The van der Waals surface area contributed by atoms with Crippen LogP contribution in [-0.2, 0) is 0 Å². The van der Waals surface area contributed by atoms with Gasteiger partial charge >= 0.3 is 0 Å². The Kier molecular flexibility index (Phi) is 2.12. The molecule has 1 rings (SSSR count). The maximum Gasteiger partial charge on any atom is 0.199 e. The average molecular weight is 156 g/mol. The summed E-state index contributed by atoms with van der Waals surface area (Å²) in [4.78, 5) is 0. The van der Waals surface area contributed by atoms with Crippen molar-refractivity contribution in [1.29, 1.82) is 0 Å². The van der Waals surface area contributed by atoms with Gasteiger partial charge in [0.05, 0.1) is 7.11 Å². The second-order valence-corrected chi connectivity index (χ2v) is 2.21. The van der Waals surface area contributed by atoms with Crippen LogP contribution in [0.3, 0.4) is 0 Å². The average Bonchev–Trinajstić information content (AvgIpc) is 2.01. The number of methoxy groups -OCH3 is 1. The second-order valence-electron chi connectivity index (χ2n) is 2.21. The highest BCUT2D eigenvalue weighted by atomic mass is 19.2. The van der Waals surface area contributed by atoms with Crippen LogP contribution in [0.25, 0.3) is 0 Å². The van der Waals surface area contributed by atoms with Crippen molar-refractivity contribution in [1.82, 2.24) is 0 Å². The summed E-state index contributed by atoms with van der Waals surface area (Å²) in [6.07, 6.45) is 0. The molecule has 0 fully saturated rings. The van der Waals surface area contributed by atoms with E-state index in [1.807, 2.05) is 0 Å². The maximum absolute atomic E-state index is 12.8. The van der Waals surface area contributed by atoms with Crippen molar-refractivity contribution < 1.29 is 13.5 Å². The van der Waals surface area contributed by atoms with Crippen molar-refractivity contribution in [2.45, 2.75) is 0 Å². The van der Waals surface area contributed by atoms with Crippen molar-refractivity contribution in [3.05, 3.63) is 23.8 Å². The van der Waals surface area contributed by atoms with Crippen LogP contribution in [0.1, 0.15) is 0 Å². The molecule has 0 aliphatic carbocycles. The highest BCUT2D eigenvalue weighted by Crippen LogP contribution is 2.16. The van der Waals surface area contributed by atoms with E-state index in [4.69, 9.17) is 0 Å². The summed E-state index contributed by atoms with van der Waals surface area (Å²) >= 11 is 0. The van der Waals surface area contributed by atoms with Gasteiger partial charge in [0.15, 0.2) is 17.4 Å². The zero-order chi connectivity index (χ0) is 8.43. The molecule has 0 aromatic heterocycles. The molecular formula is C7H7BF2O. The summed E-state index contributed by atoms with van der Waals surface area (Å²) in [7, 11) is 2.80. The molecule has 0 heterocycles. The Bertz CT molecular complexity index is 275. The second kappa shape index (κ2) is 2.90. The van der Waals surface area contributed by atoms with Gasteiger partial charge in [-0.15, -0.1) is 0 Å². The smallest absolute Gasteiger partial charge is 0.199 e. The number of rotatable bonds is 1. The van der Waals surface area contributed by atoms with Gasteiger partial charge < -0.3 is 4.74 Å². The quantitative estimate of drug-likeness (QED) is 0.529. The SMILES string of the molecule is Bc1ccc(OC)c(F)c1F. The summed E-state index contributed by atoms with van der Waals surface area (Å²) in [5.74, 6) is -1.83. The number of benzene rings is 1. The first-order valence-corrected chi connectivity index (χ1v) is 3.15. The zero-order valence-electron chi connectivity index (χ0n) is 6.32. The fourth-order valence-electron chi connectivity index (χ4n) is 0.786. The molecule has 1 aromatic carbocycles. The number of hydrogen-bond donors (Lipinski definition) is 0. The lowest BCUT2D eigenvalue weighted by Crippen LogP contribution is -2.11. The van der Waals surface area contributed by atoms with E-state index in [0.717, 1.165) is 0 Å². The first-order valence-electron chi connectivity index (χ1n) is 3.15. The third-order valence-corrected chi connectivity index (χ3v) is 1.46. The van der Waals surface area contributed by atoms with E-state index >= 15 is 0 Å². The first-order chi connectivity index (χ1) is 5.16. The predicted molar refractivity (Wildman–Crippen MR) is 41.1 cm³/mol. The van der Waals surface area contributed by atoms with Crippen LogP contribution in [0.5, 0.6) is 5.75 Å². The summed E-state index contributed by atoms with van der Waals surface area (Å²) in [5, 5.41) is 0. The Morgan fingerprint density at radius 1 is 1.27 bits per heavy atom. The summed E-state index contributed by atoms with van der Waals surface area (Å²) in [6.45, 7) is 0. The lowest BCUT2D eigenvalue weighted by atomic mass is 9.95. The third-order valence-electron chi connectivity index (χ3n) is 1.46. The Balaban J connectivity index is 3.25. The predicted octanol–water partition coefficient (Wildman–Crippen LogP) is 0.232. The Hall–Kier alpha value is -1.06.